The van der Waals surface area contributed by atoms with Crippen LogP contribution in [0.2, 0.25) is 0 Å². The van der Waals surface area contributed by atoms with Crippen LogP contribution in [0.25, 0.3) is 0 Å². The van der Waals surface area contributed by atoms with E-state index in [-0.39, 0.29) is 0 Å². The van der Waals surface area contributed by atoms with Gasteiger partial charge in [-0.2, -0.15) is 0 Å². The van der Waals surface area contributed by atoms with Gasteiger partial charge in [-0.1, -0.05) is 0 Å². The molecule has 0 aliphatic rings. The van der Waals surface area contributed by atoms with Crippen LogP contribution in [0.15, 0.2) is 6.07 Å². The first kappa shape index (κ1) is 8.77. The van der Waals surface area contributed by atoms with Gasteiger partial charge in [0.25, 0.3) is 0 Å². The summed E-state index contributed by atoms with van der Waals surface area (Å²) in [7, 11) is 1.84. The lowest BCUT2D eigenvalue weighted by atomic mass is 10.5. The molecular weight excluding hydrogens is 152 g/mol. The van der Waals surface area contributed by atoms with Crippen LogP contribution in [-0.4, -0.2) is 23.6 Å². The Balaban J connectivity index is 2.90. The smallest absolute Gasteiger partial charge is 0.131 e. The quantitative estimate of drug-likeness (QED) is 0.709. The molecular formula is C8H14N4. The predicted octanol–water partition coefficient (Wildman–Crippen LogP) is 1.26. The Labute approximate surface area is 72.4 Å². The Morgan fingerprint density at radius 2 is 2.00 bits per heavy atom. The summed E-state index contributed by atoms with van der Waals surface area (Å²) in [5.74, 6) is 2.49. The van der Waals surface area contributed by atoms with E-state index >= 15 is 0 Å². The van der Waals surface area contributed by atoms with Crippen molar-refractivity contribution in [1.82, 2.24) is 9.97 Å². The lowest BCUT2D eigenvalue weighted by molar-refractivity contribution is 1.03. The largest absolute Gasteiger partial charge is 0.373 e. The van der Waals surface area contributed by atoms with E-state index in [1.165, 1.54) is 0 Å². The molecule has 0 spiro atoms. The fourth-order valence-corrected chi connectivity index (χ4v) is 0.967. The first-order valence-electron chi connectivity index (χ1n) is 4.03. The van der Waals surface area contributed by atoms with Crippen LogP contribution in [0.1, 0.15) is 12.7 Å². The second-order valence-electron chi connectivity index (χ2n) is 2.47. The van der Waals surface area contributed by atoms with E-state index in [9.17, 15) is 0 Å². The second-order valence-corrected chi connectivity index (χ2v) is 2.47. The maximum absolute atomic E-state index is 4.21. The first-order chi connectivity index (χ1) is 5.76. The molecule has 0 saturated heterocycles. The highest BCUT2D eigenvalue weighted by atomic mass is 15.1. The number of anilines is 2. The van der Waals surface area contributed by atoms with Crippen LogP contribution >= 0.6 is 0 Å². The topological polar surface area (TPSA) is 49.8 Å². The van der Waals surface area contributed by atoms with Crippen molar-refractivity contribution in [2.45, 2.75) is 13.8 Å². The van der Waals surface area contributed by atoms with Crippen molar-refractivity contribution < 1.29 is 0 Å². The van der Waals surface area contributed by atoms with Gasteiger partial charge in [0.05, 0.1) is 0 Å². The molecule has 1 aromatic rings. The molecule has 1 aromatic heterocycles. The Hall–Kier alpha value is -1.32. The zero-order valence-corrected chi connectivity index (χ0v) is 7.68. The third-order valence-corrected chi connectivity index (χ3v) is 1.45. The van der Waals surface area contributed by atoms with Gasteiger partial charge in [0, 0.05) is 19.7 Å². The van der Waals surface area contributed by atoms with Crippen molar-refractivity contribution in [1.29, 1.82) is 0 Å². The van der Waals surface area contributed by atoms with Gasteiger partial charge in [-0.15, -0.1) is 0 Å². The zero-order valence-electron chi connectivity index (χ0n) is 7.68. The average Bonchev–Trinajstić information content (AvgIpc) is 2.04. The highest BCUT2D eigenvalue weighted by Crippen LogP contribution is 2.09. The molecule has 0 aliphatic carbocycles. The van der Waals surface area contributed by atoms with E-state index in [1.54, 1.807) is 0 Å². The number of aromatic nitrogens is 2. The molecule has 0 aliphatic heterocycles. The van der Waals surface area contributed by atoms with Gasteiger partial charge in [0.2, 0.25) is 0 Å². The molecule has 0 bridgehead atoms. The molecule has 2 N–H and O–H groups in total. The zero-order chi connectivity index (χ0) is 8.97. The van der Waals surface area contributed by atoms with Crippen LogP contribution in [0.4, 0.5) is 11.6 Å². The minimum Gasteiger partial charge on any atom is -0.373 e. The molecule has 0 fully saturated rings. The first-order valence-corrected chi connectivity index (χ1v) is 4.03. The second kappa shape index (κ2) is 3.90. The average molecular weight is 166 g/mol. The third kappa shape index (κ3) is 2.08. The molecule has 0 radical (unpaired) electrons. The number of aryl methyl sites for hydroxylation is 1. The summed E-state index contributed by atoms with van der Waals surface area (Å²) in [6, 6.07) is 1.89. The number of nitrogens with zero attached hydrogens (tertiary/aromatic N) is 2. The van der Waals surface area contributed by atoms with Gasteiger partial charge in [-0.05, 0) is 13.8 Å². The Kier molecular flexibility index (Phi) is 2.85. The minimum atomic E-state index is 0.776. The van der Waals surface area contributed by atoms with Crippen molar-refractivity contribution in [2.75, 3.05) is 24.2 Å². The summed E-state index contributed by atoms with van der Waals surface area (Å²) < 4.78 is 0. The Morgan fingerprint density at radius 3 is 2.58 bits per heavy atom. The summed E-state index contributed by atoms with van der Waals surface area (Å²) in [5, 5.41) is 6.11. The third-order valence-electron chi connectivity index (χ3n) is 1.45. The van der Waals surface area contributed by atoms with Crippen LogP contribution in [-0.2, 0) is 0 Å². The lowest BCUT2D eigenvalue weighted by Gasteiger charge is -2.05. The molecule has 1 heterocycles. The fraction of sp³-hybridized carbons (Fsp3) is 0.500. The van der Waals surface area contributed by atoms with E-state index in [4.69, 9.17) is 0 Å². The normalized spacial score (nSPS) is 9.58. The van der Waals surface area contributed by atoms with E-state index in [0.717, 1.165) is 24.0 Å². The van der Waals surface area contributed by atoms with Crippen molar-refractivity contribution in [3.8, 4) is 0 Å². The van der Waals surface area contributed by atoms with Crippen molar-refractivity contribution in [2.24, 2.45) is 0 Å². The highest BCUT2D eigenvalue weighted by Gasteiger charge is 1.97. The number of rotatable bonds is 3. The lowest BCUT2D eigenvalue weighted by Crippen LogP contribution is -2.03. The highest BCUT2D eigenvalue weighted by molar-refractivity contribution is 5.46. The number of nitrogens with one attached hydrogen (secondary N) is 2. The molecule has 1 rings (SSSR count). The van der Waals surface area contributed by atoms with Gasteiger partial charge >= 0.3 is 0 Å². The summed E-state index contributed by atoms with van der Waals surface area (Å²) in [4.78, 5) is 8.38. The molecule has 4 nitrogen and oxygen atoms in total. The monoisotopic (exact) mass is 166 g/mol. The van der Waals surface area contributed by atoms with Crippen molar-refractivity contribution in [3.05, 3.63) is 11.9 Å². The Morgan fingerprint density at radius 1 is 1.33 bits per heavy atom. The summed E-state index contributed by atoms with van der Waals surface area (Å²) in [6.45, 7) is 4.79. The minimum absolute atomic E-state index is 0.776. The molecule has 0 saturated carbocycles. The summed E-state index contributed by atoms with van der Waals surface area (Å²) in [6.07, 6.45) is 0. The van der Waals surface area contributed by atoms with Crippen molar-refractivity contribution >= 4 is 11.6 Å². The molecule has 0 amide bonds. The summed E-state index contributed by atoms with van der Waals surface area (Å²) >= 11 is 0. The van der Waals surface area contributed by atoms with Gasteiger partial charge in [0.15, 0.2) is 0 Å². The van der Waals surface area contributed by atoms with Gasteiger partial charge < -0.3 is 10.6 Å². The Bertz CT molecular complexity index is 259. The van der Waals surface area contributed by atoms with Gasteiger partial charge in [-0.25, -0.2) is 9.97 Å². The van der Waals surface area contributed by atoms with Crippen LogP contribution < -0.4 is 10.6 Å². The van der Waals surface area contributed by atoms with Crippen LogP contribution in [0.5, 0.6) is 0 Å². The van der Waals surface area contributed by atoms with E-state index in [1.807, 2.05) is 27.0 Å². The van der Waals surface area contributed by atoms with Crippen LogP contribution in [0, 0.1) is 6.92 Å². The molecule has 0 aromatic carbocycles. The molecule has 4 heteroatoms. The molecule has 12 heavy (non-hydrogen) atoms. The van der Waals surface area contributed by atoms with E-state index in [2.05, 4.69) is 20.6 Å². The number of hydrogen-bond donors (Lipinski definition) is 2. The molecule has 0 atom stereocenters. The van der Waals surface area contributed by atoms with E-state index in [0.29, 0.717) is 0 Å². The maximum atomic E-state index is 4.21. The predicted molar refractivity (Wildman–Crippen MR) is 50.5 cm³/mol. The maximum Gasteiger partial charge on any atom is 0.131 e. The molecule has 0 unspecified atom stereocenters. The van der Waals surface area contributed by atoms with Crippen LogP contribution in [0.3, 0.4) is 0 Å². The number of hydrogen-bond acceptors (Lipinski definition) is 4. The molecule has 66 valence electrons. The van der Waals surface area contributed by atoms with Crippen molar-refractivity contribution in [3.63, 3.8) is 0 Å². The van der Waals surface area contributed by atoms with Gasteiger partial charge in [-0.3, -0.25) is 0 Å². The standard InChI is InChI=1S/C8H14N4/c1-4-10-8-5-7(9-3)11-6(2)12-8/h5H,4H2,1-3H3,(H2,9,10,11,12). The van der Waals surface area contributed by atoms with E-state index < -0.39 is 0 Å². The SMILES string of the molecule is CCNc1cc(NC)nc(C)n1. The van der Waals surface area contributed by atoms with Gasteiger partial charge in [0.1, 0.15) is 17.5 Å². The summed E-state index contributed by atoms with van der Waals surface area (Å²) in [5.41, 5.74) is 0. The fourth-order valence-electron chi connectivity index (χ4n) is 0.967.